The Kier molecular flexibility index (Phi) is 4.87. The van der Waals surface area contributed by atoms with Crippen molar-refractivity contribution in [3.63, 3.8) is 0 Å². The largest absolute Gasteiger partial charge is 0.464 e. The van der Waals surface area contributed by atoms with Gasteiger partial charge in [-0.15, -0.1) is 0 Å². The summed E-state index contributed by atoms with van der Waals surface area (Å²) in [7, 11) is 0. The van der Waals surface area contributed by atoms with Crippen LogP contribution in [0.5, 0.6) is 0 Å². The number of rotatable bonds is 7. The van der Waals surface area contributed by atoms with E-state index < -0.39 is 0 Å². The molecule has 2 nitrogen and oxygen atoms in total. The first-order valence-corrected chi connectivity index (χ1v) is 7.83. The normalized spacial score (nSPS) is 16.2. The van der Waals surface area contributed by atoms with Gasteiger partial charge in [0, 0.05) is 16.8 Å². The quantitative estimate of drug-likeness (QED) is 0.778. The Hall–Kier alpha value is -1.28. The molecule has 2 aromatic rings. The monoisotopic (exact) mass is 273 g/mol. The fraction of sp³-hybridized carbons (Fsp3) is 0.556. The Bertz CT molecular complexity index is 545. The van der Waals surface area contributed by atoms with Crippen molar-refractivity contribution in [1.82, 2.24) is 5.32 Å². The van der Waals surface area contributed by atoms with E-state index in [0.717, 1.165) is 12.1 Å². The SMILES string of the molecule is CCCCC(C)(c1ccc2occc2c1)C(C)NCC. The molecule has 0 aliphatic rings. The maximum Gasteiger partial charge on any atom is 0.133 e. The van der Waals surface area contributed by atoms with Crippen molar-refractivity contribution >= 4 is 11.0 Å². The molecule has 0 saturated carbocycles. The van der Waals surface area contributed by atoms with Crippen molar-refractivity contribution in [2.24, 2.45) is 0 Å². The van der Waals surface area contributed by atoms with Gasteiger partial charge in [0.2, 0.25) is 0 Å². The number of furan rings is 1. The first-order chi connectivity index (χ1) is 9.61. The first kappa shape index (κ1) is 15.1. The molecular weight excluding hydrogens is 246 g/mol. The minimum absolute atomic E-state index is 0.164. The van der Waals surface area contributed by atoms with Crippen LogP contribution in [0.4, 0.5) is 0 Å². The minimum atomic E-state index is 0.164. The molecular formula is C18H27NO. The molecule has 20 heavy (non-hydrogen) atoms. The van der Waals surface area contributed by atoms with E-state index in [-0.39, 0.29) is 5.41 Å². The van der Waals surface area contributed by atoms with Crippen LogP contribution in [-0.2, 0) is 5.41 Å². The minimum Gasteiger partial charge on any atom is -0.464 e. The maximum atomic E-state index is 5.46. The number of nitrogens with one attached hydrogen (secondary N) is 1. The molecule has 1 aromatic heterocycles. The van der Waals surface area contributed by atoms with Gasteiger partial charge in [-0.2, -0.15) is 0 Å². The average molecular weight is 273 g/mol. The zero-order valence-electron chi connectivity index (χ0n) is 13.2. The van der Waals surface area contributed by atoms with Gasteiger partial charge in [-0.25, -0.2) is 0 Å². The highest BCUT2D eigenvalue weighted by atomic mass is 16.3. The lowest BCUT2D eigenvalue weighted by Gasteiger charge is -2.37. The summed E-state index contributed by atoms with van der Waals surface area (Å²) in [4.78, 5) is 0. The Morgan fingerprint density at radius 3 is 2.75 bits per heavy atom. The van der Waals surface area contributed by atoms with Gasteiger partial charge in [0.15, 0.2) is 0 Å². The van der Waals surface area contributed by atoms with Gasteiger partial charge < -0.3 is 9.73 Å². The highest BCUT2D eigenvalue weighted by Gasteiger charge is 2.32. The lowest BCUT2D eigenvalue weighted by atomic mass is 9.72. The van der Waals surface area contributed by atoms with Gasteiger partial charge >= 0.3 is 0 Å². The van der Waals surface area contributed by atoms with E-state index in [1.807, 2.05) is 0 Å². The number of unbranched alkanes of at least 4 members (excludes halogenated alkanes) is 1. The number of hydrogen-bond donors (Lipinski definition) is 1. The molecule has 0 aliphatic carbocycles. The molecule has 2 unspecified atom stereocenters. The number of likely N-dealkylation sites (N-methyl/N-ethyl adjacent to an activating group) is 1. The van der Waals surface area contributed by atoms with Crippen LogP contribution >= 0.6 is 0 Å². The lowest BCUT2D eigenvalue weighted by molar-refractivity contribution is 0.310. The summed E-state index contributed by atoms with van der Waals surface area (Å²) in [5, 5.41) is 4.81. The van der Waals surface area contributed by atoms with Crippen molar-refractivity contribution in [2.75, 3.05) is 6.54 Å². The van der Waals surface area contributed by atoms with E-state index in [0.29, 0.717) is 6.04 Å². The molecule has 2 rings (SSSR count). The van der Waals surface area contributed by atoms with Gasteiger partial charge in [-0.05, 0) is 43.7 Å². The maximum absolute atomic E-state index is 5.46. The van der Waals surface area contributed by atoms with E-state index in [1.165, 1.54) is 30.2 Å². The summed E-state index contributed by atoms with van der Waals surface area (Å²) < 4.78 is 5.46. The van der Waals surface area contributed by atoms with Crippen LogP contribution in [0, 0.1) is 0 Å². The molecule has 0 saturated heterocycles. The van der Waals surface area contributed by atoms with E-state index >= 15 is 0 Å². The molecule has 1 aromatic carbocycles. The summed E-state index contributed by atoms with van der Waals surface area (Å²) in [6.07, 6.45) is 5.48. The Morgan fingerprint density at radius 2 is 2.05 bits per heavy atom. The predicted octanol–water partition coefficient (Wildman–Crippen LogP) is 4.88. The molecule has 1 N–H and O–H groups in total. The molecule has 2 atom stereocenters. The van der Waals surface area contributed by atoms with Crippen LogP contribution in [-0.4, -0.2) is 12.6 Å². The Balaban J connectivity index is 2.37. The fourth-order valence-corrected chi connectivity index (χ4v) is 3.01. The second-order valence-corrected chi connectivity index (χ2v) is 5.97. The standard InChI is InChI=1S/C18H27NO/c1-5-7-11-18(4,14(3)19-6-2)16-8-9-17-15(13-16)10-12-20-17/h8-10,12-14,19H,5-7,11H2,1-4H3. The third-order valence-electron chi connectivity index (χ3n) is 4.63. The van der Waals surface area contributed by atoms with Crippen LogP contribution < -0.4 is 5.32 Å². The van der Waals surface area contributed by atoms with Crippen molar-refractivity contribution in [3.8, 4) is 0 Å². The van der Waals surface area contributed by atoms with Gasteiger partial charge in [0.05, 0.1) is 6.26 Å². The molecule has 110 valence electrons. The summed E-state index contributed by atoms with van der Waals surface area (Å²) in [5.74, 6) is 0. The van der Waals surface area contributed by atoms with Crippen molar-refractivity contribution in [1.29, 1.82) is 0 Å². The highest BCUT2D eigenvalue weighted by molar-refractivity contribution is 5.78. The third-order valence-corrected chi connectivity index (χ3v) is 4.63. The van der Waals surface area contributed by atoms with E-state index in [2.05, 4.69) is 57.3 Å². The van der Waals surface area contributed by atoms with Crippen molar-refractivity contribution in [2.45, 2.75) is 58.4 Å². The second-order valence-electron chi connectivity index (χ2n) is 5.97. The van der Waals surface area contributed by atoms with Crippen LogP contribution in [0.25, 0.3) is 11.0 Å². The molecule has 0 aliphatic heterocycles. The fourth-order valence-electron chi connectivity index (χ4n) is 3.01. The van der Waals surface area contributed by atoms with Crippen LogP contribution in [0.1, 0.15) is 52.5 Å². The molecule has 1 heterocycles. The lowest BCUT2D eigenvalue weighted by Crippen LogP contribution is -2.44. The van der Waals surface area contributed by atoms with Crippen LogP contribution in [0.15, 0.2) is 34.9 Å². The van der Waals surface area contributed by atoms with Crippen molar-refractivity contribution < 1.29 is 4.42 Å². The number of benzene rings is 1. The highest BCUT2D eigenvalue weighted by Crippen LogP contribution is 2.35. The molecule has 0 fully saturated rings. The Morgan fingerprint density at radius 1 is 1.25 bits per heavy atom. The summed E-state index contributed by atoms with van der Waals surface area (Å²) >= 11 is 0. The second kappa shape index (κ2) is 6.45. The predicted molar refractivity (Wildman–Crippen MR) is 86.2 cm³/mol. The molecule has 0 amide bonds. The Labute approximate surface area is 122 Å². The molecule has 0 spiro atoms. The number of fused-ring (bicyclic) bond motifs is 1. The zero-order chi connectivity index (χ0) is 14.6. The van der Waals surface area contributed by atoms with Crippen LogP contribution in [0.3, 0.4) is 0 Å². The summed E-state index contributed by atoms with van der Waals surface area (Å²) in [6, 6.07) is 9.14. The van der Waals surface area contributed by atoms with Gasteiger partial charge in [-0.3, -0.25) is 0 Å². The average Bonchev–Trinajstić information content (AvgIpc) is 2.92. The van der Waals surface area contributed by atoms with Gasteiger partial charge in [-0.1, -0.05) is 39.7 Å². The summed E-state index contributed by atoms with van der Waals surface area (Å²) in [6.45, 7) is 10.1. The molecule has 2 heteroatoms. The summed E-state index contributed by atoms with van der Waals surface area (Å²) in [5.41, 5.74) is 2.55. The number of hydrogen-bond acceptors (Lipinski definition) is 2. The van der Waals surface area contributed by atoms with E-state index in [9.17, 15) is 0 Å². The first-order valence-electron chi connectivity index (χ1n) is 7.83. The van der Waals surface area contributed by atoms with Crippen molar-refractivity contribution in [3.05, 3.63) is 36.1 Å². The zero-order valence-corrected chi connectivity index (χ0v) is 13.2. The topological polar surface area (TPSA) is 25.2 Å². The van der Waals surface area contributed by atoms with E-state index in [4.69, 9.17) is 4.42 Å². The van der Waals surface area contributed by atoms with Gasteiger partial charge in [0.1, 0.15) is 5.58 Å². The molecule has 0 radical (unpaired) electrons. The van der Waals surface area contributed by atoms with Gasteiger partial charge in [0.25, 0.3) is 0 Å². The molecule has 0 bridgehead atoms. The van der Waals surface area contributed by atoms with E-state index in [1.54, 1.807) is 6.26 Å². The van der Waals surface area contributed by atoms with Crippen LogP contribution in [0.2, 0.25) is 0 Å². The third kappa shape index (κ3) is 2.90. The smallest absolute Gasteiger partial charge is 0.133 e.